The van der Waals surface area contributed by atoms with E-state index in [0.29, 0.717) is 12.5 Å². The van der Waals surface area contributed by atoms with E-state index in [2.05, 4.69) is 5.10 Å². The SMILES string of the molecule is COc1ccc(Cn2nc(C3CCC3)cc2N)cc1. The van der Waals surface area contributed by atoms with Crippen molar-refractivity contribution in [2.45, 2.75) is 31.7 Å². The molecule has 1 aromatic carbocycles. The van der Waals surface area contributed by atoms with Gasteiger partial charge in [0.05, 0.1) is 19.3 Å². The normalized spacial score (nSPS) is 15.2. The fourth-order valence-electron chi connectivity index (χ4n) is 2.39. The zero-order chi connectivity index (χ0) is 13.2. The molecule has 100 valence electrons. The number of anilines is 1. The minimum absolute atomic E-state index is 0.624. The van der Waals surface area contributed by atoms with Gasteiger partial charge in [-0.3, -0.25) is 0 Å². The van der Waals surface area contributed by atoms with Crippen LogP contribution in [0.15, 0.2) is 30.3 Å². The summed E-state index contributed by atoms with van der Waals surface area (Å²) in [4.78, 5) is 0. The lowest BCUT2D eigenvalue weighted by Gasteiger charge is -2.22. The Labute approximate surface area is 113 Å². The molecule has 1 aromatic heterocycles. The standard InChI is InChI=1S/C15H19N3O/c1-19-13-7-5-11(6-8-13)10-18-15(16)9-14(17-18)12-3-2-4-12/h5-9,12H,2-4,10,16H2,1H3. The number of rotatable bonds is 4. The topological polar surface area (TPSA) is 53.1 Å². The molecule has 4 nitrogen and oxygen atoms in total. The van der Waals surface area contributed by atoms with Crippen molar-refractivity contribution in [2.75, 3.05) is 12.8 Å². The van der Waals surface area contributed by atoms with Gasteiger partial charge in [-0.15, -0.1) is 0 Å². The second-order valence-electron chi connectivity index (χ2n) is 5.13. The highest BCUT2D eigenvalue weighted by Crippen LogP contribution is 2.36. The summed E-state index contributed by atoms with van der Waals surface area (Å²) in [7, 11) is 1.67. The van der Waals surface area contributed by atoms with E-state index in [1.54, 1.807) is 7.11 Å². The van der Waals surface area contributed by atoms with Crippen LogP contribution in [-0.4, -0.2) is 16.9 Å². The van der Waals surface area contributed by atoms with Gasteiger partial charge in [0.1, 0.15) is 11.6 Å². The second-order valence-corrected chi connectivity index (χ2v) is 5.13. The van der Waals surface area contributed by atoms with Crippen molar-refractivity contribution < 1.29 is 4.74 Å². The van der Waals surface area contributed by atoms with E-state index in [-0.39, 0.29) is 0 Å². The highest BCUT2D eigenvalue weighted by molar-refractivity contribution is 5.35. The first-order chi connectivity index (χ1) is 9.26. The first-order valence-electron chi connectivity index (χ1n) is 6.72. The molecule has 1 saturated carbocycles. The molecule has 1 aliphatic rings. The Kier molecular flexibility index (Phi) is 3.15. The maximum atomic E-state index is 6.04. The van der Waals surface area contributed by atoms with Crippen LogP contribution in [0, 0.1) is 0 Å². The van der Waals surface area contributed by atoms with Gasteiger partial charge >= 0.3 is 0 Å². The number of hydrogen-bond donors (Lipinski definition) is 1. The smallest absolute Gasteiger partial charge is 0.122 e. The largest absolute Gasteiger partial charge is 0.497 e. The van der Waals surface area contributed by atoms with E-state index in [1.165, 1.54) is 24.8 Å². The summed E-state index contributed by atoms with van der Waals surface area (Å²) >= 11 is 0. The molecule has 0 spiro atoms. The molecule has 0 saturated heterocycles. The minimum atomic E-state index is 0.624. The van der Waals surface area contributed by atoms with Crippen LogP contribution in [0.2, 0.25) is 0 Å². The van der Waals surface area contributed by atoms with Gasteiger partial charge in [0.2, 0.25) is 0 Å². The molecule has 0 aliphatic heterocycles. The van der Waals surface area contributed by atoms with Crippen LogP contribution in [0.3, 0.4) is 0 Å². The number of nitrogen functional groups attached to an aromatic ring is 1. The Morgan fingerprint density at radius 1 is 1.32 bits per heavy atom. The Morgan fingerprint density at radius 3 is 2.63 bits per heavy atom. The Balaban J connectivity index is 1.76. The monoisotopic (exact) mass is 257 g/mol. The number of ether oxygens (including phenoxy) is 1. The lowest BCUT2D eigenvalue weighted by atomic mass is 9.83. The Hall–Kier alpha value is -1.97. The van der Waals surface area contributed by atoms with E-state index in [1.807, 2.05) is 35.0 Å². The highest BCUT2D eigenvalue weighted by Gasteiger charge is 2.22. The fraction of sp³-hybridized carbons (Fsp3) is 0.400. The van der Waals surface area contributed by atoms with Gasteiger partial charge in [0.25, 0.3) is 0 Å². The summed E-state index contributed by atoms with van der Waals surface area (Å²) in [6.07, 6.45) is 3.81. The van der Waals surface area contributed by atoms with Crippen LogP contribution in [0.4, 0.5) is 5.82 Å². The third-order valence-electron chi connectivity index (χ3n) is 3.84. The van der Waals surface area contributed by atoms with E-state index in [9.17, 15) is 0 Å². The molecule has 0 unspecified atom stereocenters. The van der Waals surface area contributed by atoms with Crippen LogP contribution in [0.25, 0.3) is 0 Å². The van der Waals surface area contributed by atoms with E-state index in [4.69, 9.17) is 10.5 Å². The number of methoxy groups -OCH3 is 1. The summed E-state index contributed by atoms with van der Waals surface area (Å²) in [5, 5.41) is 4.63. The first kappa shape index (κ1) is 12.1. The van der Waals surface area contributed by atoms with Crippen LogP contribution in [0.5, 0.6) is 5.75 Å². The first-order valence-corrected chi connectivity index (χ1v) is 6.72. The summed E-state index contributed by atoms with van der Waals surface area (Å²) in [5.74, 6) is 2.24. The third kappa shape index (κ3) is 2.43. The predicted molar refractivity (Wildman–Crippen MR) is 75.3 cm³/mol. The molecule has 1 aliphatic carbocycles. The van der Waals surface area contributed by atoms with Gasteiger partial charge in [-0.25, -0.2) is 4.68 Å². The van der Waals surface area contributed by atoms with Crippen molar-refractivity contribution in [1.82, 2.24) is 9.78 Å². The fourth-order valence-corrected chi connectivity index (χ4v) is 2.39. The molecule has 2 N–H and O–H groups in total. The van der Waals surface area contributed by atoms with Crippen molar-refractivity contribution in [1.29, 1.82) is 0 Å². The highest BCUT2D eigenvalue weighted by atomic mass is 16.5. The lowest BCUT2D eigenvalue weighted by molar-refractivity contribution is 0.406. The molecule has 3 rings (SSSR count). The van der Waals surface area contributed by atoms with Gasteiger partial charge in [0.15, 0.2) is 0 Å². The molecule has 1 heterocycles. The van der Waals surface area contributed by atoms with Crippen molar-refractivity contribution in [3.63, 3.8) is 0 Å². The number of aromatic nitrogens is 2. The minimum Gasteiger partial charge on any atom is -0.497 e. The van der Waals surface area contributed by atoms with E-state index >= 15 is 0 Å². The molecular weight excluding hydrogens is 238 g/mol. The van der Waals surface area contributed by atoms with Crippen LogP contribution < -0.4 is 10.5 Å². The Morgan fingerprint density at radius 2 is 2.05 bits per heavy atom. The molecule has 2 aromatic rings. The molecule has 1 fully saturated rings. The quantitative estimate of drug-likeness (QED) is 0.916. The van der Waals surface area contributed by atoms with Crippen molar-refractivity contribution in [2.24, 2.45) is 0 Å². The second kappa shape index (κ2) is 4.96. The van der Waals surface area contributed by atoms with E-state index in [0.717, 1.165) is 17.3 Å². The maximum absolute atomic E-state index is 6.04. The van der Waals surface area contributed by atoms with Gasteiger partial charge in [0, 0.05) is 12.0 Å². The predicted octanol–water partition coefficient (Wildman–Crippen LogP) is 2.79. The average Bonchev–Trinajstić information content (AvgIpc) is 2.69. The van der Waals surface area contributed by atoms with Crippen LogP contribution in [-0.2, 0) is 6.54 Å². The molecule has 4 heteroatoms. The van der Waals surface area contributed by atoms with Gasteiger partial charge in [-0.1, -0.05) is 18.6 Å². The zero-order valence-corrected chi connectivity index (χ0v) is 11.2. The summed E-state index contributed by atoms with van der Waals surface area (Å²) < 4.78 is 7.04. The molecule has 0 bridgehead atoms. The average molecular weight is 257 g/mol. The molecule has 0 atom stereocenters. The zero-order valence-electron chi connectivity index (χ0n) is 11.2. The number of nitrogens with two attached hydrogens (primary N) is 1. The molecule has 19 heavy (non-hydrogen) atoms. The van der Waals surface area contributed by atoms with Gasteiger partial charge in [-0.2, -0.15) is 5.10 Å². The third-order valence-corrected chi connectivity index (χ3v) is 3.84. The molecule has 0 radical (unpaired) electrons. The number of hydrogen-bond acceptors (Lipinski definition) is 3. The lowest BCUT2D eigenvalue weighted by Crippen LogP contribution is -2.11. The van der Waals surface area contributed by atoms with Gasteiger partial charge < -0.3 is 10.5 Å². The Bertz CT molecular complexity index is 555. The summed E-state index contributed by atoms with van der Waals surface area (Å²) in [6, 6.07) is 10.0. The molecule has 0 amide bonds. The molecular formula is C15H19N3O. The maximum Gasteiger partial charge on any atom is 0.122 e. The van der Waals surface area contributed by atoms with Gasteiger partial charge in [-0.05, 0) is 30.5 Å². The number of nitrogens with zero attached hydrogens (tertiary/aromatic N) is 2. The van der Waals surface area contributed by atoms with Crippen molar-refractivity contribution >= 4 is 5.82 Å². The van der Waals surface area contributed by atoms with Crippen molar-refractivity contribution in [3.8, 4) is 5.75 Å². The number of benzene rings is 1. The van der Waals surface area contributed by atoms with Crippen LogP contribution >= 0.6 is 0 Å². The van der Waals surface area contributed by atoms with E-state index < -0.39 is 0 Å². The van der Waals surface area contributed by atoms with Crippen LogP contribution in [0.1, 0.15) is 36.4 Å². The van der Waals surface area contributed by atoms with Crippen molar-refractivity contribution in [3.05, 3.63) is 41.6 Å². The summed E-state index contributed by atoms with van der Waals surface area (Å²) in [6.45, 7) is 0.711. The summed E-state index contributed by atoms with van der Waals surface area (Å²) in [5.41, 5.74) is 8.36.